The minimum absolute atomic E-state index is 0.198. The molecule has 0 spiro atoms. The van der Waals surface area contributed by atoms with Crippen LogP contribution in [0.25, 0.3) is 0 Å². The van der Waals surface area contributed by atoms with Gasteiger partial charge >= 0.3 is 0 Å². The lowest BCUT2D eigenvalue weighted by Crippen LogP contribution is -2.48. The minimum atomic E-state index is -2.84. The van der Waals surface area contributed by atoms with Crippen molar-refractivity contribution < 1.29 is 8.42 Å². The van der Waals surface area contributed by atoms with E-state index >= 15 is 0 Å². The van der Waals surface area contributed by atoms with Gasteiger partial charge in [0.1, 0.15) is 9.84 Å². The van der Waals surface area contributed by atoms with Crippen LogP contribution in [-0.4, -0.2) is 51.0 Å². The summed E-state index contributed by atoms with van der Waals surface area (Å²) in [6, 6.07) is 0.198. The van der Waals surface area contributed by atoms with Gasteiger partial charge in [0.25, 0.3) is 0 Å². The Bertz CT molecular complexity index is 277. The summed E-state index contributed by atoms with van der Waals surface area (Å²) >= 11 is 0. The van der Waals surface area contributed by atoms with Gasteiger partial charge in [0.05, 0.1) is 5.75 Å². The maximum absolute atomic E-state index is 11.0. The lowest BCUT2D eigenvalue weighted by Gasteiger charge is -2.34. The van der Waals surface area contributed by atoms with Gasteiger partial charge < -0.3 is 10.6 Å². The summed E-state index contributed by atoms with van der Waals surface area (Å²) in [5.74, 6) is 0.804. The molecule has 0 amide bonds. The van der Waals surface area contributed by atoms with E-state index in [0.717, 1.165) is 19.5 Å². The van der Waals surface area contributed by atoms with E-state index in [0.29, 0.717) is 12.5 Å². The van der Waals surface area contributed by atoms with Crippen LogP contribution < -0.4 is 5.73 Å². The molecular weight excluding hydrogens is 200 g/mol. The van der Waals surface area contributed by atoms with Crippen LogP contribution in [0.3, 0.4) is 0 Å². The van der Waals surface area contributed by atoms with Crippen LogP contribution in [0.1, 0.15) is 13.3 Å². The van der Waals surface area contributed by atoms with Gasteiger partial charge in [-0.25, -0.2) is 8.42 Å². The quantitative estimate of drug-likeness (QED) is 0.709. The van der Waals surface area contributed by atoms with Crippen molar-refractivity contribution >= 4 is 9.84 Å². The number of hydrogen-bond donors (Lipinski definition) is 1. The molecule has 1 aliphatic heterocycles. The summed E-state index contributed by atoms with van der Waals surface area (Å²) in [5, 5.41) is 0. The van der Waals surface area contributed by atoms with Gasteiger partial charge in [0.2, 0.25) is 0 Å². The molecule has 0 bridgehead atoms. The summed E-state index contributed by atoms with van der Waals surface area (Å²) in [6.45, 7) is 4.58. The number of nitrogens with two attached hydrogens (primary N) is 1. The first kappa shape index (κ1) is 11.9. The Morgan fingerprint density at radius 3 is 2.64 bits per heavy atom. The molecule has 1 rings (SSSR count). The number of likely N-dealkylation sites (tertiary alicyclic amines) is 1. The molecule has 2 atom stereocenters. The van der Waals surface area contributed by atoms with E-state index in [4.69, 9.17) is 5.73 Å². The monoisotopic (exact) mass is 220 g/mol. The van der Waals surface area contributed by atoms with Gasteiger partial charge in [0, 0.05) is 25.4 Å². The molecule has 14 heavy (non-hydrogen) atoms. The third-order valence-electron chi connectivity index (χ3n) is 2.88. The fraction of sp³-hybridized carbons (Fsp3) is 1.00. The minimum Gasteiger partial charge on any atom is -0.326 e. The molecule has 1 aliphatic rings. The van der Waals surface area contributed by atoms with Crippen molar-refractivity contribution in [1.29, 1.82) is 0 Å². The molecule has 0 saturated carbocycles. The second-order valence-electron chi connectivity index (χ2n) is 4.36. The van der Waals surface area contributed by atoms with E-state index in [9.17, 15) is 8.42 Å². The van der Waals surface area contributed by atoms with Crippen LogP contribution in [0.4, 0.5) is 0 Å². The largest absolute Gasteiger partial charge is 0.326 e. The Labute approximate surface area is 86.4 Å². The van der Waals surface area contributed by atoms with Crippen LogP contribution in [0, 0.1) is 5.92 Å². The zero-order chi connectivity index (χ0) is 10.8. The van der Waals surface area contributed by atoms with Crippen LogP contribution in [0.5, 0.6) is 0 Å². The highest BCUT2D eigenvalue weighted by atomic mass is 32.2. The maximum Gasteiger partial charge on any atom is 0.148 e. The smallest absolute Gasteiger partial charge is 0.148 e. The lowest BCUT2D eigenvalue weighted by atomic mass is 9.94. The maximum atomic E-state index is 11.0. The van der Waals surface area contributed by atoms with Gasteiger partial charge in [0.15, 0.2) is 0 Å². The number of nitrogens with zero attached hydrogens (tertiary/aromatic N) is 1. The molecule has 0 aromatic heterocycles. The van der Waals surface area contributed by atoms with E-state index in [1.807, 2.05) is 0 Å². The molecule has 4 nitrogen and oxygen atoms in total. The van der Waals surface area contributed by atoms with Gasteiger partial charge in [-0.3, -0.25) is 0 Å². The lowest BCUT2D eigenvalue weighted by molar-refractivity contribution is 0.177. The first-order chi connectivity index (χ1) is 6.38. The van der Waals surface area contributed by atoms with Crippen molar-refractivity contribution in [2.75, 3.05) is 31.6 Å². The summed E-state index contributed by atoms with van der Waals surface area (Å²) in [7, 11) is -2.84. The van der Waals surface area contributed by atoms with Gasteiger partial charge in [-0.15, -0.1) is 0 Å². The zero-order valence-corrected chi connectivity index (χ0v) is 9.76. The Balaban J connectivity index is 2.34. The normalized spacial score (nSPS) is 30.5. The number of sulfone groups is 1. The van der Waals surface area contributed by atoms with E-state index in [1.54, 1.807) is 0 Å². The average molecular weight is 220 g/mol. The molecule has 0 aromatic carbocycles. The molecule has 1 saturated heterocycles. The Morgan fingerprint density at radius 2 is 2.14 bits per heavy atom. The number of hydrogen-bond acceptors (Lipinski definition) is 4. The molecule has 5 heteroatoms. The highest BCUT2D eigenvalue weighted by Gasteiger charge is 2.23. The van der Waals surface area contributed by atoms with Crippen LogP contribution >= 0.6 is 0 Å². The molecule has 2 unspecified atom stereocenters. The SMILES string of the molecule is CC1CCN(CCS(C)(=O)=O)CC1N. The van der Waals surface area contributed by atoms with Crippen LogP contribution in [0.15, 0.2) is 0 Å². The fourth-order valence-corrected chi connectivity index (χ4v) is 2.26. The van der Waals surface area contributed by atoms with Gasteiger partial charge in [-0.2, -0.15) is 0 Å². The standard InChI is InChI=1S/C9H20N2O2S/c1-8-3-4-11(7-9(8)10)5-6-14(2,12)13/h8-9H,3-7,10H2,1-2H3. The fourth-order valence-electron chi connectivity index (χ4n) is 1.67. The zero-order valence-electron chi connectivity index (χ0n) is 8.94. The van der Waals surface area contributed by atoms with Gasteiger partial charge in [-0.1, -0.05) is 6.92 Å². The third kappa shape index (κ3) is 3.94. The average Bonchev–Trinajstić information content (AvgIpc) is 2.06. The Hall–Kier alpha value is -0.130. The summed E-state index contributed by atoms with van der Waals surface area (Å²) in [6.07, 6.45) is 2.35. The van der Waals surface area contributed by atoms with E-state index < -0.39 is 9.84 Å². The summed E-state index contributed by atoms with van der Waals surface area (Å²) < 4.78 is 21.9. The van der Waals surface area contributed by atoms with E-state index in [1.165, 1.54) is 6.26 Å². The first-order valence-corrected chi connectivity index (χ1v) is 7.10. The predicted octanol–water partition coefficient (Wildman–Crippen LogP) is -0.300. The van der Waals surface area contributed by atoms with Crippen LogP contribution in [0.2, 0.25) is 0 Å². The topological polar surface area (TPSA) is 63.4 Å². The molecule has 0 aromatic rings. The highest BCUT2D eigenvalue weighted by Crippen LogP contribution is 2.14. The first-order valence-electron chi connectivity index (χ1n) is 5.04. The van der Waals surface area contributed by atoms with Crippen molar-refractivity contribution in [3.63, 3.8) is 0 Å². The van der Waals surface area contributed by atoms with Crippen molar-refractivity contribution in [3.8, 4) is 0 Å². The molecule has 0 radical (unpaired) electrons. The Morgan fingerprint density at radius 1 is 1.50 bits per heavy atom. The number of piperidine rings is 1. The molecule has 1 heterocycles. The second-order valence-corrected chi connectivity index (χ2v) is 6.62. The van der Waals surface area contributed by atoms with Crippen molar-refractivity contribution in [2.45, 2.75) is 19.4 Å². The van der Waals surface area contributed by atoms with Gasteiger partial charge in [-0.05, 0) is 18.9 Å². The molecule has 0 aliphatic carbocycles. The Kier molecular flexibility index (Phi) is 3.92. The van der Waals surface area contributed by atoms with Crippen molar-refractivity contribution in [2.24, 2.45) is 11.7 Å². The van der Waals surface area contributed by atoms with E-state index in [-0.39, 0.29) is 11.8 Å². The predicted molar refractivity (Wildman–Crippen MR) is 57.9 cm³/mol. The van der Waals surface area contributed by atoms with Crippen molar-refractivity contribution in [1.82, 2.24) is 4.90 Å². The molecule has 2 N–H and O–H groups in total. The molecular formula is C9H20N2O2S. The van der Waals surface area contributed by atoms with E-state index in [2.05, 4.69) is 11.8 Å². The second kappa shape index (κ2) is 4.59. The number of rotatable bonds is 3. The summed E-state index contributed by atoms with van der Waals surface area (Å²) in [4.78, 5) is 2.14. The van der Waals surface area contributed by atoms with Crippen LogP contribution in [-0.2, 0) is 9.84 Å². The third-order valence-corrected chi connectivity index (χ3v) is 3.80. The molecule has 84 valence electrons. The molecule has 1 fully saturated rings. The van der Waals surface area contributed by atoms with Crippen molar-refractivity contribution in [3.05, 3.63) is 0 Å². The highest BCUT2D eigenvalue weighted by molar-refractivity contribution is 7.90. The summed E-state index contributed by atoms with van der Waals surface area (Å²) in [5.41, 5.74) is 5.92.